The summed E-state index contributed by atoms with van der Waals surface area (Å²) < 4.78 is 37.5. The number of halogens is 3. The number of fused-ring (bicyclic) bond motifs is 1. The minimum absolute atomic E-state index is 0.574. The van der Waals surface area contributed by atoms with Crippen molar-refractivity contribution in [1.82, 2.24) is 4.90 Å². The van der Waals surface area contributed by atoms with Crippen molar-refractivity contribution in [3.8, 4) is 0 Å². The van der Waals surface area contributed by atoms with Crippen LogP contribution < -0.4 is 4.90 Å². The van der Waals surface area contributed by atoms with E-state index in [1.165, 1.54) is 12.1 Å². The molecule has 3 aliphatic rings. The van der Waals surface area contributed by atoms with Crippen molar-refractivity contribution in [1.29, 1.82) is 0 Å². The third-order valence-electron chi connectivity index (χ3n) is 6.49. The number of carbonyl (C=O) groups is 1. The average molecular weight is 465 g/mol. The van der Waals surface area contributed by atoms with Gasteiger partial charge in [0.2, 0.25) is 0 Å². The van der Waals surface area contributed by atoms with Gasteiger partial charge in [-0.15, -0.1) is 0 Å². The van der Waals surface area contributed by atoms with Gasteiger partial charge in [0.05, 0.1) is 5.56 Å². The summed E-state index contributed by atoms with van der Waals surface area (Å²) in [6.45, 7) is 4.12. The Morgan fingerprint density at radius 1 is 0.969 bits per heavy atom. The van der Waals surface area contributed by atoms with Gasteiger partial charge >= 0.3 is 6.18 Å². The molecule has 0 radical (unpaired) electrons. The smallest absolute Gasteiger partial charge is 0.383 e. The van der Waals surface area contributed by atoms with E-state index in [4.69, 9.17) is 0 Å². The molecule has 2 aromatic carbocycles. The lowest BCUT2D eigenvalue weighted by atomic mass is 9.96. The maximum Gasteiger partial charge on any atom is 0.416 e. The predicted octanol–water partition coefficient (Wildman–Crippen LogP) is 4.14. The van der Waals surface area contributed by atoms with Crippen molar-refractivity contribution < 1.29 is 23.1 Å². The van der Waals surface area contributed by atoms with Gasteiger partial charge in [-0.2, -0.15) is 24.9 Å². The highest BCUT2D eigenvalue weighted by Crippen LogP contribution is 2.38. The van der Waals surface area contributed by atoms with Gasteiger partial charge in [-0.25, -0.2) is 0 Å². The molecule has 0 aliphatic carbocycles. The fourth-order valence-electron chi connectivity index (χ4n) is 4.63. The number of aliphatic hydroxyl groups is 1. The molecule has 1 N–H and O–H groups in total. The highest BCUT2D eigenvalue weighted by Gasteiger charge is 2.39. The van der Waals surface area contributed by atoms with Gasteiger partial charge in [0, 0.05) is 48.9 Å². The van der Waals surface area contributed by atoms with E-state index in [1.807, 2.05) is 12.1 Å². The fourth-order valence-corrected chi connectivity index (χ4v) is 5.56. The molecule has 2 aromatic rings. The Morgan fingerprint density at radius 2 is 1.53 bits per heavy atom. The number of hydrogen-bond acceptors (Lipinski definition) is 5. The van der Waals surface area contributed by atoms with Crippen LogP contribution in [0.2, 0.25) is 0 Å². The molecule has 3 aliphatic heterocycles. The largest absolute Gasteiger partial charge is 0.416 e. The Bertz CT molecular complexity index is 916. The summed E-state index contributed by atoms with van der Waals surface area (Å²) in [5, 5.41) is 9.94. The first-order chi connectivity index (χ1) is 15.2. The van der Waals surface area contributed by atoms with E-state index in [1.54, 1.807) is 36.0 Å². The lowest BCUT2D eigenvalue weighted by Crippen LogP contribution is -2.39. The van der Waals surface area contributed by atoms with Crippen LogP contribution in [0.5, 0.6) is 0 Å². The summed E-state index contributed by atoms with van der Waals surface area (Å²) in [7, 11) is 2.13. The van der Waals surface area contributed by atoms with Crippen LogP contribution in [0.1, 0.15) is 21.5 Å². The summed E-state index contributed by atoms with van der Waals surface area (Å²) in [5.74, 6) is 2.83. The molecule has 0 aromatic heterocycles. The molecular formula is C24H27F3N2O2S. The van der Waals surface area contributed by atoms with Crippen LogP contribution in [0.3, 0.4) is 0 Å². The molecule has 3 saturated heterocycles. The van der Waals surface area contributed by atoms with E-state index < -0.39 is 17.3 Å². The highest BCUT2D eigenvalue weighted by atomic mass is 32.2. The minimum Gasteiger partial charge on any atom is -0.383 e. The summed E-state index contributed by atoms with van der Waals surface area (Å²) in [6, 6.07) is 12.7. The molecule has 172 valence electrons. The van der Waals surface area contributed by atoms with Crippen molar-refractivity contribution in [2.75, 3.05) is 49.6 Å². The van der Waals surface area contributed by atoms with Crippen LogP contribution in [0.4, 0.5) is 18.9 Å². The van der Waals surface area contributed by atoms with E-state index in [9.17, 15) is 23.1 Å². The molecular weight excluding hydrogens is 437 g/mol. The molecule has 32 heavy (non-hydrogen) atoms. The summed E-state index contributed by atoms with van der Waals surface area (Å²) in [4.78, 5) is 14.9. The SMILES string of the molecule is CN1CC2CN(c3ccc(C(F)(F)F)cc3)CC2C1.O=Cc1ccc(C2(O)CSC2)cc1. The molecule has 2 atom stereocenters. The van der Waals surface area contributed by atoms with Crippen LogP contribution in [0.25, 0.3) is 0 Å². The predicted molar refractivity (Wildman–Crippen MR) is 121 cm³/mol. The Hall–Kier alpha value is -2.03. The van der Waals surface area contributed by atoms with Crippen molar-refractivity contribution in [2.24, 2.45) is 11.8 Å². The Balaban J connectivity index is 0.000000165. The Kier molecular flexibility index (Phi) is 6.56. The van der Waals surface area contributed by atoms with Gasteiger partial charge in [0.1, 0.15) is 11.9 Å². The van der Waals surface area contributed by atoms with Crippen molar-refractivity contribution in [3.63, 3.8) is 0 Å². The van der Waals surface area contributed by atoms with Gasteiger partial charge in [-0.05, 0) is 48.7 Å². The molecule has 8 heteroatoms. The average Bonchev–Trinajstić information content (AvgIpc) is 3.29. The zero-order chi connectivity index (χ0) is 22.9. The third kappa shape index (κ3) is 4.97. The van der Waals surface area contributed by atoms with E-state index in [0.29, 0.717) is 17.4 Å². The highest BCUT2D eigenvalue weighted by molar-refractivity contribution is 8.00. The molecule has 5 rings (SSSR count). The van der Waals surface area contributed by atoms with E-state index >= 15 is 0 Å². The van der Waals surface area contributed by atoms with Crippen LogP contribution in [0, 0.1) is 11.8 Å². The number of thioether (sulfide) groups is 1. The summed E-state index contributed by atoms with van der Waals surface area (Å²) >= 11 is 1.73. The van der Waals surface area contributed by atoms with Gasteiger partial charge in [0.25, 0.3) is 0 Å². The molecule has 4 nitrogen and oxygen atoms in total. The second-order valence-electron chi connectivity index (χ2n) is 8.96. The third-order valence-corrected chi connectivity index (χ3v) is 7.86. The van der Waals surface area contributed by atoms with Crippen molar-refractivity contribution in [2.45, 2.75) is 11.8 Å². The number of benzene rings is 2. The lowest BCUT2D eigenvalue weighted by Gasteiger charge is -2.36. The second kappa shape index (κ2) is 9.08. The zero-order valence-electron chi connectivity index (χ0n) is 17.9. The standard InChI is InChI=1S/C14H17F3N2.C10H10O2S/c1-18-6-10-8-19(9-11(10)7-18)13-4-2-12(3-5-13)14(15,16)17;11-5-8-1-3-9(4-2-8)10(12)6-13-7-10/h2-5,10-11H,6-9H2,1H3;1-5,12H,6-7H2. The molecule has 0 spiro atoms. The van der Waals surface area contributed by atoms with E-state index in [-0.39, 0.29) is 0 Å². The first-order valence-electron chi connectivity index (χ1n) is 10.6. The first-order valence-corrected chi connectivity index (χ1v) is 11.8. The van der Waals surface area contributed by atoms with E-state index in [0.717, 1.165) is 55.2 Å². The minimum atomic E-state index is -4.25. The maximum absolute atomic E-state index is 12.5. The van der Waals surface area contributed by atoms with Crippen LogP contribution >= 0.6 is 11.8 Å². The monoisotopic (exact) mass is 464 g/mol. The van der Waals surface area contributed by atoms with Gasteiger partial charge in [-0.3, -0.25) is 4.79 Å². The van der Waals surface area contributed by atoms with Crippen LogP contribution in [-0.2, 0) is 11.8 Å². The molecule has 0 bridgehead atoms. The lowest BCUT2D eigenvalue weighted by molar-refractivity contribution is -0.137. The number of aldehydes is 1. The van der Waals surface area contributed by atoms with Crippen molar-refractivity contribution >= 4 is 23.7 Å². The Morgan fingerprint density at radius 3 is 1.97 bits per heavy atom. The molecule has 0 amide bonds. The van der Waals surface area contributed by atoms with Crippen molar-refractivity contribution in [3.05, 3.63) is 65.2 Å². The second-order valence-corrected chi connectivity index (χ2v) is 9.94. The topological polar surface area (TPSA) is 43.8 Å². The Labute approximate surface area is 190 Å². The summed E-state index contributed by atoms with van der Waals surface area (Å²) in [6.07, 6.45) is -3.44. The molecule has 3 heterocycles. The number of likely N-dealkylation sites (tertiary alicyclic amines) is 1. The van der Waals surface area contributed by atoms with Crippen LogP contribution in [0.15, 0.2) is 48.5 Å². The summed E-state index contributed by atoms with van der Waals surface area (Å²) in [5.41, 5.74) is 1.25. The number of anilines is 1. The van der Waals surface area contributed by atoms with E-state index in [2.05, 4.69) is 16.8 Å². The number of rotatable bonds is 3. The molecule has 2 unspecified atom stereocenters. The normalized spacial score (nSPS) is 24.3. The number of nitrogens with zero attached hydrogens (tertiary/aromatic N) is 2. The van der Waals surface area contributed by atoms with Gasteiger partial charge in [-0.1, -0.05) is 24.3 Å². The fraction of sp³-hybridized carbons (Fsp3) is 0.458. The number of alkyl halides is 3. The molecule has 0 saturated carbocycles. The number of hydrogen-bond donors (Lipinski definition) is 1. The maximum atomic E-state index is 12.5. The van der Waals surface area contributed by atoms with Gasteiger partial charge in [0.15, 0.2) is 0 Å². The van der Waals surface area contributed by atoms with Gasteiger partial charge < -0.3 is 14.9 Å². The molecule has 3 fully saturated rings. The first kappa shape index (κ1) is 23.1. The zero-order valence-corrected chi connectivity index (χ0v) is 18.7. The quantitative estimate of drug-likeness (QED) is 0.692. The number of carbonyl (C=O) groups excluding carboxylic acids is 1. The van der Waals surface area contributed by atoms with Crippen LogP contribution in [-0.4, -0.2) is 61.0 Å².